The molecule has 0 aliphatic carbocycles. The van der Waals surface area contributed by atoms with Gasteiger partial charge in [0.05, 0.1) is 0 Å². The predicted molar refractivity (Wildman–Crippen MR) is 53.4 cm³/mol. The predicted octanol–water partition coefficient (Wildman–Crippen LogP) is 0.908. The average Bonchev–Trinajstić information content (AvgIpc) is 2.09. The molecule has 1 atom stereocenters. The number of carboxylic acid groups (broad SMARTS) is 1. The van der Waals surface area contributed by atoms with Crippen molar-refractivity contribution in [3.63, 3.8) is 0 Å². The molecule has 0 saturated carbocycles. The van der Waals surface area contributed by atoms with E-state index in [2.05, 4.69) is 0 Å². The van der Waals surface area contributed by atoms with Crippen LogP contribution in [0.5, 0.6) is 0 Å². The van der Waals surface area contributed by atoms with Gasteiger partial charge in [-0.15, -0.1) is 0 Å². The number of hydrogen-bond acceptors (Lipinski definition) is 3. The maximum atomic E-state index is 11.0. The fourth-order valence-corrected chi connectivity index (χ4v) is 2.04. The molecular formula is C8H17O6P. The fourth-order valence-electron chi connectivity index (χ4n) is 1.18. The van der Waals surface area contributed by atoms with Gasteiger partial charge in [-0.1, -0.05) is 19.8 Å². The molecule has 90 valence electrons. The van der Waals surface area contributed by atoms with E-state index in [1.54, 1.807) is 0 Å². The van der Waals surface area contributed by atoms with Gasteiger partial charge in [-0.05, 0) is 12.8 Å². The van der Waals surface area contributed by atoms with Crippen LogP contribution in [-0.4, -0.2) is 31.3 Å². The molecule has 0 aromatic rings. The van der Waals surface area contributed by atoms with E-state index in [0.29, 0.717) is 12.8 Å². The van der Waals surface area contributed by atoms with Crippen molar-refractivity contribution in [3.05, 3.63) is 0 Å². The number of rotatable bonds is 7. The van der Waals surface area contributed by atoms with Crippen LogP contribution in [0.25, 0.3) is 0 Å². The summed E-state index contributed by atoms with van der Waals surface area (Å²) < 4.78 is 11.0. The van der Waals surface area contributed by atoms with Gasteiger partial charge in [-0.2, -0.15) is 0 Å². The molecule has 0 fully saturated rings. The monoisotopic (exact) mass is 240 g/mol. The first-order chi connectivity index (χ1) is 6.73. The second kappa shape index (κ2) is 5.61. The molecule has 4 N–H and O–H groups in total. The molecule has 0 radical (unpaired) electrons. The normalized spacial score (nSPS) is 16.0. The lowest BCUT2D eigenvalue weighted by atomic mass is 10.1. The number of carboxylic acids is 1. The Morgan fingerprint density at radius 3 is 2.20 bits per heavy atom. The Morgan fingerprint density at radius 2 is 1.87 bits per heavy atom. The minimum absolute atomic E-state index is 0.0823. The molecule has 0 bridgehead atoms. The van der Waals surface area contributed by atoms with E-state index in [4.69, 9.17) is 14.9 Å². The van der Waals surface area contributed by atoms with Crippen molar-refractivity contribution in [2.75, 3.05) is 0 Å². The smallest absolute Gasteiger partial charge is 0.356 e. The summed E-state index contributed by atoms with van der Waals surface area (Å²) in [7, 11) is -4.68. The molecule has 1 unspecified atom stereocenters. The zero-order valence-electron chi connectivity index (χ0n) is 8.59. The fraction of sp³-hybridized carbons (Fsp3) is 0.875. The standard InChI is InChI=1S/C8H17O6P/c1-2-3-5-8(11,15(12,13)14)6-4-7(9)10/h11H,2-6H2,1H3,(H,9,10)(H2,12,13,14). The second-order valence-corrected chi connectivity index (χ2v) is 5.44. The molecule has 0 spiro atoms. The minimum Gasteiger partial charge on any atom is -0.481 e. The molecule has 15 heavy (non-hydrogen) atoms. The molecule has 0 aliphatic rings. The summed E-state index contributed by atoms with van der Waals surface area (Å²) in [4.78, 5) is 28.2. The van der Waals surface area contributed by atoms with Gasteiger partial charge < -0.3 is 20.0 Å². The first-order valence-electron chi connectivity index (χ1n) is 4.73. The molecular weight excluding hydrogens is 223 g/mol. The highest BCUT2D eigenvalue weighted by Gasteiger charge is 2.44. The molecule has 0 aliphatic heterocycles. The Bertz CT molecular complexity index is 260. The van der Waals surface area contributed by atoms with E-state index >= 15 is 0 Å². The average molecular weight is 240 g/mol. The van der Waals surface area contributed by atoms with Gasteiger partial charge in [-0.25, -0.2) is 0 Å². The largest absolute Gasteiger partial charge is 0.481 e. The zero-order valence-corrected chi connectivity index (χ0v) is 9.48. The van der Waals surface area contributed by atoms with Crippen molar-refractivity contribution in [2.45, 2.75) is 44.4 Å². The molecule has 0 aromatic heterocycles. The van der Waals surface area contributed by atoms with E-state index < -0.39 is 31.7 Å². The lowest BCUT2D eigenvalue weighted by Gasteiger charge is -2.28. The van der Waals surface area contributed by atoms with E-state index in [1.807, 2.05) is 6.92 Å². The number of carbonyl (C=O) groups is 1. The van der Waals surface area contributed by atoms with E-state index in [0.717, 1.165) is 0 Å². The Kier molecular flexibility index (Phi) is 5.45. The lowest BCUT2D eigenvalue weighted by molar-refractivity contribution is -0.138. The zero-order chi connectivity index (χ0) is 12.1. The molecule has 0 aromatic carbocycles. The summed E-state index contributed by atoms with van der Waals surface area (Å²) in [6.45, 7) is 1.82. The van der Waals surface area contributed by atoms with Crippen LogP contribution in [0.15, 0.2) is 0 Å². The van der Waals surface area contributed by atoms with E-state index in [9.17, 15) is 14.5 Å². The van der Waals surface area contributed by atoms with Crippen LogP contribution in [-0.2, 0) is 9.36 Å². The third-order valence-electron chi connectivity index (χ3n) is 2.21. The van der Waals surface area contributed by atoms with Gasteiger partial charge >= 0.3 is 13.6 Å². The molecule has 0 saturated heterocycles. The minimum atomic E-state index is -4.68. The highest BCUT2D eigenvalue weighted by atomic mass is 31.2. The summed E-state index contributed by atoms with van der Waals surface area (Å²) >= 11 is 0. The van der Waals surface area contributed by atoms with Gasteiger partial charge in [0.25, 0.3) is 0 Å². The molecule has 7 heteroatoms. The van der Waals surface area contributed by atoms with Crippen LogP contribution in [0, 0.1) is 0 Å². The van der Waals surface area contributed by atoms with Crippen molar-refractivity contribution >= 4 is 13.6 Å². The first-order valence-corrected chi connectivity index (χ1v) is 6.34. The van der Waals surface area contributed by atoms with Crippen LogP contribution in [0.1, 0.15) is 39.0 Å². The van der Waals surface area contributed by atoms with Gasteiger partial charge in [0.1, 0.15) is 0 Å². The topological polar surface area (TPSA) is 115 Å². The summed E-state index contributed by atoms with van der Waals surface area (Å²) in [6, 6.07) is 0. The Hall–Kier alpha value is -0.420. The third kappa shape index (κ3) is 4.75. The van der Waals surface area contributed by atoms with Crippen LogP contribution >= 0.6 is 7.60 Å². The molecule has 0 heterocycles. The quantitative estimate of drug-likeness (QED) is 0.491. The van der Waals surface area contributed by atoms with Gasteiger partial charge in [0.15, 0.2) is 5.34 Å². The van der Waals surface area contributed by atoms with Gasteiger partial charge in [-0.3, -0.25) is 9.36 Å². The van der Waals surface area contributed by atoms with Crippen molar-refractivity contribution in [1.29, 1.82) is 0 Å². The van der Waals surface area contributed by atoms with Crippen molar-refractivity contribution in [3.8, 4) is 0 Å². The van der Waals surface area contributed by atoms with Crippen LogP contribution in [0.2, 0.25) is 0 Å². The molecule has 0 amide bonds. The third-order valence-corrected chi connectivity index (χ3v) is 3.74. The van der Waals surface area contributed by atoms with Crippen LogP contribution < -0.4 is 0 Å². The number of aliphatic hydroxyl groups is 1. The number of aliphatic carboxylic acids is 1. The summed E-state index contributed by atoms with van der Waals surface area (Å²) in [5.41, 5.74) is 0. The van der Waals surface area contributed by atoms with Crippen molar-refractivity contribution < 1.29 is 29.4 Å². The number of unbranched alkanes of at least 4 members (excludes halogenated alkanes) is 1. The highest BCUT2D eigenvalue weighted by molar-refractivity contribution is 7.53. The highest BCUT2D eigenvalue weighted by Crippen LogP contribution is 2.53. The summed E-state index contributed by atoms with van der Waals surface area (Å²) in [5, 5.41) is 15.9. The van der Waals surface area contributed by atoms with E-state index in [-0.39, 0.29) is 6.42 Å². The van der Waals surface area contributed by atoms with Crippen LogP contribution in [0.3, 0.4) is 0 Å². The summed E-state index contributed by atoms with van der Waals surface area (Å²) in [6.07, 6.45) is 0.162. The Labute approximate surface area is 88.1 Å². The second-order valence-electron chi connectivity index (χ2n) is 3.52. The lowest BCUT2D eigenvalue weighted by Crippen LogP contribution is -2.29. The van der Waals surface area contributed by atoms with Crippen molar-refractivity contribution in [1.82, 2.24) is 0 Å². The van der Waals surface area contributed by atoms with Crippen LogP contribution in [0.4, 0.5) is 0 Å². The SMILES string of the molecule is CCCCC(O)(CCC(=O)O)P(=O)(O)O. The summed E-state index contributed by atoms with van der Waals surface area (Å²) in [5.74, 6) is -1.18. The maximum absolute atomic E-state index is 11.0. The molecule has 6 nitrogen and oxygen atoms in total. The van der Waals surface area contributed by atoms with Gasteiger partial charge in [0, 0.05) is 6.42 Å². The maximum Gasteiger partial charge on any atom is 0.356 e. The van der Waals surface area contributed by atoms with Crippen molar-refractivity contribution in [2.24, 2.45) is 0 Å². The molecule has 0 rings (SSSR count). The van der Waals surface area contributed by atoms with E-state index in [1.165, 1.54) is 0 Å². The van der Waals surface area contributed by atoms with Gasteiger partial charge in [0.2, 0.25) is 0 Å². The Balaban J connectivity index is 4.55. The Morgan fingerprint density at radius 1 is 1.33 bits per heavy atom. The number of hydrogen-bond donors (Lipinski definition) is 4. The first kappa shape index (κ1) is 14.6.